The van der Waals surface area contributed by atoms with Gasteiger partial charge >= 0.3 is 5.97 Å². The lowest BCUT2D eigenvalue weighted by atomic mass is 10.2. The van der Waals surface area contributed by atoms with Crippen LogP contribution in [0.3, 0.4) is 0 Å². The molecule has 0 aromatic heterocycles. The van der Waals surface area contributed by atoms with Gasteiger partial charge in [-0.15, -0.1) is 24.2 Å². The minimum atomic E-state index is -0.533. The van der Waals surface area contributed by atoms with E-state index in [0.29, 0.717) is 6.42 Å². The number of thioether (sulfide) groups is 1. The Balaban J connectivity index is 0.00000225. The average Bonchev–Trinajstić information content (AvgIpc) is 2.77. The SMILES string of the molecule is CCC(NC(=O)[C@H]1CSCN1)C(=O)OC.Cl. The molecule has 0 saturated carbocycles. The van der Waals surface area contributed by atoms with Crippen molar-refractivity contribution >= 4 is 36.0 Å². The molecular formula is C9H17ClN2O3S. The smallest absolute Gasteiger partial charge is 0.328 e. The summed E-state index contributed by atoms with van der Waals surface area (Å²) in [7, 11) is 1.32. The minimum Gasteiger partial charge on any atom is -0.467 e. The van der Waals surface area contributed by atoms with Crippen LogP contribution < -0.4 is 10.6 Å². The van der Waals surface area contributed by atoms with E-state index in [9.17, 15) is 9.59 Å². The molecule has 7 heteroatoms. The topological polar surface area (TPSA) is 67.4 Å². The molecule has 94 valence electrons. The maximum absolute atomic E-state index is 11.6. The van der Waals surface area contributed by atoms with E-state index < -0.39 is 12.0 Å². The van der Waals surface area contributed by atoms with E-state index in [-0.39, 0.29) is 24.4 Å². The lowest BCUT2D eigenvalue weighted by molar-refractivity contribution is -0.145. The molecule has 1 aliphatic rings. The Hall–Kier alpha value is -0.460. The van der Waals surface area contributed by atoms with Gasteiger partial charge in [0.1, 0.15) is 6.04 Å². The van der Waals surface area contributed by atoms with E-state index >= 15 is 0 Å². The minimum absolute atomic E-state index is 0. The normalized spacial score (nSPS) is 20.8. The first-order valence-electron chi connectivity index (χ1n) is 4.88. The van der Waals surface area contributed by atoms with Gasteiger partial charge in [0, 0.05) is 11.6 Å². The summed E-state index contributed by atoms with van der Waals surface area (Å²) >= 11 is 1.67. The molecule has 1 rings (SSSR count). The van der Waals surface area contributed by atoms with Crippen LogP contribution in [0.4, 0.5) is 0 Å². The summed E-state index contributed by atoms with van der Waals surface area (Å²) in [4.78, 5) is 22.9. The molecule has 0 aromatic rings. The van der Waals surface area contributed by atoms with E-state index in [0.717, 1.165) is 11.6 Å². The number of carbonyl (C=O) groups excluding carboxylic acids is 2. The van der Waals surface area contributed by atoms with Crippen LogP contribution in [0.5, 0.6) is 0 Å². The number of hydrogen-bond donors (Lipinski definition) is 2. The van der Waals surface area contributed by atoms with Gasteiger partial charge in [-0.2, -0.15) is 0 Å². The predicted octanol–water partition coefficient (Wildman–Crippen LogP) is 0.138. The van der Waals surface area contributed by atoms with Gasteiger partial charge in [0.2, 0.25) is 5.91 Å². The van der Waals surface area contributed by atoms with Crippen LogP contribution in [-0.4, -0.2) is 42.7 Å². The maximum atomic E-state index is 11.6. The second-order valence-electron chi connectivity index (χ2n) is 3.26. The second kappa shape index (κ2) is 7.76. The number of amides is 1. The van der Waals surface area contributed by atoms with Crippen LogP contribution in [0.2, 0.25) is 0 Å². The van der Waals surface area contributed by atoms with E-state index in [1.165, 1.54) is 7.11 Å². The highest BCUT2D eigenvalue weighted by Gasteiger charge is 2.26. The highest BCUT2D eigenvalue weighted by molar-refractivity contribution is 7.99. The lowest BCUT2D eigenvalue weighted by Gasteiger charge is -2.17. The number of ether oxygens (including phenoxy) is 1. The molecule has 1 saturated heterocycles. The third-order valence-electron chi connectivity index (χ3n) is 2.24. The molecule has 16 heavy (non-hydrogen) atoms. The highest BCUT2D eigenvalue weighted by Crippen LogP contribution is 2.09. The van der Waals surface area contributed by atoms with Gasteiger partial charge in [0.15, 0.2) is 0 Å². The molecule has 1 aliphatic heterocycles. The largest absolute Gasteiger partial charge is 0.467 e. The van der Waals surface area contributed by atoms with Crippen molar-refractivity contribution in [3.05, 3.63) is 0 Å². The third-order valence-corrected chi connectivity index (χ3v) is 3.18. The number of methoxy groups -OCH3 is 1. The predicted molar refractivity (Wildman–Crippen MR) is 65.7 cm³/mol. The van der Waals surface area contributed by atoms with Crippen LogP contribution in [0.15, 0.2) is 0 Å². The van der Waals surface area contributed by atoms with Crippen molar-refractivity contribution in [1.29, 1.82) is 0 Å². The molecule has 0 radical (unpaired) electrons. The van der Waals surface area contributed by atoms with E-state index in [4.69, 9.17) is 0 Å². The summed E-state index contributed by atoms with van der Waals surface area (Å²) in [5, 5.41) is 5.71. The summed E-state index contributed by atoms with van der Waals surface area (Å²) in [6.07, 6.45) is 0.540. The Morgan fingerprint density at radius 2 is 2.31 bits per heavy atom. The van der Waals surface area contributed by atoms with Gasteiger partial charge < -0.3 is 10.1 Å². The number of nitrogens with one attached hydrogen (secondary N) is 2. The van der Waals surface area contributed by atoms with Crippen molar-refractivity contribution < 1.29 is 14.3 Å². The second-order valence-corrected chi connectivity index (χ2v) is 4.29. The summed E-state index contributed by atoms with van der Waals surface area (Å²) in [6, 6.07) is -0.719. The van der Waals surface area contributed by atoms with E-state index in [1.807, 2.05) is 6.92 Å². The number of carbonyl (C=O) groups is 2. The monoisotopic (exact) mass is 268 g/mol. The zero-order chi connectivity index (χ0) is 11.3. The maximum Gasteiger partial charge on any atom is 0.328 e. The summed E-state index contributed by atoms with van der Waals surface area (Å²) in [5.74, 6) is 1.02. The van der Waals surface area contributed by atoms with E-state index in [2.05, 4.69) is 15.4 Å². The zero-order valence-corrected chi connectivity index (χ0v) is 11.0. The first kappa shape index (κ1) is 15.5. The van der Waals surface area contributed by atoms with Gasteiger partial charge in [0.05, 0.1) is 13.2 Å². The van der Waals surface area contributed by atoms with Crippen LogP contribution in [0, 0.1) is 0 Å². The number of halogens is 1. The Bertz CT molecular complexity index is 247. The molecule has 1 unspecified atom stereocenters. The van der Waals surface area contributed by atoms with Crippen LogP contribution >= 0.6 is 24.2 Å². The standard InChI is InChI=1S/C9H16N2O3S.ClH/c1-3-6(9(13)14-2)11-8(12)7-4-15-5-10-7;/h6-7,10H,3-5H2,1-2H3,(H,11,12);1H/t6?,7-;/m1./s1. The van der Waals surface area contributed by atoms with Crippen LogP contribution in [-0.2, 0) is 14.3 Å². The fraction of sp³-hybridized carbons (Fsp3) is 0.778. The Labute approximate surface area is 105 Å². The van der Waals surface area contributed by atoms with Crippen molar-refractivity contribution in [2.24, 2.45) is 0 Å². The Morgan fingerprint density at radius 3 is 2.75 bits per heavy atom. The number of esters is 1. The van der Waals surface area contributed by atoms with Crippen molar-refractivity contribution in [1.82, 2.24) is 10.6 Å². The summed E-state index contributed by atoms with van der Waals surface area (Å²) < 4.78 is 4.59. The molecule has 2 atom stereocenters. The number of rotatable bonds is 4. The summed E-state index contributed by atoms with van der Waals surface area (Å²) in [6.45, 7) is 1.83. The molecule has 0 spiro atoms. The Kier molecular flexibility index (Phi) is 7.53. The van der Waals surface area contributed by atoms with Crippen LogP contribution in [0.1, 0.15) is 13.3 Å². The lowest BCUT2D eigenvalue weighted by Crippen LogP contribution is -2.49. The van der Waals surface area contributed by atoms with Crippen molar-refractivity contribution in [3.8, 4) is 0 Å². The number of hydrogen-bond acceptors (Lipinski definition) is 5. The fourth-order valence-corrected chi connectivity index (χ4v) is 2.25. The molecule has 1 heterocycles. The van der Waals surface area contributed by atoms with Gasteiger partial charge in [0.25, 0.3) is 0 Å². The first-order valence-corrected chi connectivity index (χ1v) is 6.03. The summed E-state index contributed by atoms with van der Waals surface area (Å²) in [5.41, 5.74) is 0. The molecule has 5 nitrogen and oxygen atoms in total. The molecule has 1 fully saturated rings. The van der Waals surface area contributed by atoms with Gasteiger partial charge in [-0.1, -0.05) is 6.92 Å². The van der Waals surface area contributed by atoms with Crippen molar-refractivity contribution in [2.45, 2.75) is 25.4 Å². The average molecular weight is 269 g/mol. The Morgan fingerprint density at radius 1 is 1.62 bits per heavy atom. The van der Waals surface area contributed by atoms with Gasteiger partial charge in [-0.05, 0) is 6.42 Å². The quantitative estimate of drug-likeness (QED) is 0.710. The molecule has 2 N–H and O–H groups in total. The highest BCUT2D eigenvalue weighted by atomic mass is 35.5. The molecule has 0 aromatic carbocycles. The van der Waals surface area contributed by atoms with Crippen LogP contribution in [0.25, 0.3) is 0 Å². The molecular weight excluding hydrogens is 252 g/mol. The molecule has 0 aliphatic carbocycles. The molecule has 0 bridgehead atoms. The first-order chi connectivity index (χ1) is 7.19. The molecule has 1 amide bonds. The van der Waals surface area contributed by atoms with E-state index in [1.54, 1.807) is 11.8 Å². The van der Waals surface area contributed by atoms with Crippen molar-refractivity contribution in [2.75, 3.05) is 18.7 Å². The zero-order valence-electron chi connectivity index (χ0n) is 9.32. The third kappa shape index (κ3) is 4.19. The van der Waals surface area contributed by atoms with Crippen molar-refractivity contribution in [3.63, 3.8) is 0 Å². The van der Waals surface area contributed by atoms with Gasteiger partial charge in [-0.3, -0.25) is 10.1 Å². The van der Waals surface area contributed by atoms with Gasteiger partial charge in [-0.25, -0.2) is 4.79 Å². The fourth-order valence-electron chi connectivity index (χ4n) is 1.31.